The maximum absolute atomic E-state index is 12.6. The highest BCUT2D eigenvalue weighted by Crippen LogP contribution is 2.40. The molecule has 3 heterocycles. The van der Waals surface area contributed by atoms with E-state index < -0.39 is 5.97 Å². The summed E-state index contributed by atoms with van der Waals surface area (Å²) in [6, 6.07) is 23.7. The highest BCUT2D eigenvalue weighted by Gasteiger charge is 2.43. The number of hydrogen-bond acceptors (Lipinski definition) is 4. The van der Waals surface area contributed by atoms with E-state index in [4.69, 9.17) is 5.10 Å². The number of piperidine rings is 1. The number of carboxylic acid groups (broad SMARTS) is 1. The minimum absolute atomic E-state index is 0.102. The number of likely N-dealkylation sites (tertiary alicyclic amines) is 2. The number of carboxylic acids is 1. The predicted octanol–water partition coefficient (Wildman–Crippen LogP) is 7.16. The largest absolute Gasteiger partial charge is 0.480 e. The van der Waals surface area contributed by atoms with Crippen LogP contribution in [0.3, 0.4) is 0 Å². The highest BCUT2D eigenvalue weighted by molar-refractivity contribution is 5.74. The summed E-state index contributed by atoms with van der Waals surface area (Å²) in [6.07, 6.45) is 7.95. The van der Waals surface area contributed by atoms with Crippen LogP contribution < -0.4 is 0 Å². The van der Waals surface area contributed by atoms with Crippen LogP contribution in [0.25, 0.3) is 0 Å². The molecule has 2 aromatic carbocycles. The van der Waals surface area contributed by atoms with E-state index in [1.807, 2.05) is 0 Å². The molecule has 0 spiro atoms. The van der Waals surface area contributed by atoms with Gasteiger partial charge in [0, 0.05) is 49.1 Å². The molecule has 3 aromatic rings. The molecular weight excluding hydrogens is 544 g/mol. The third-order valence-corrected chi connectivity index (χ3v) is 11.2. The van der Waals surface area contributed by atoms with Gasteiger partial charge in [0.05, 0.1) is 5.69 Å². The zero-order chi connectivity index (χ0) is 30.7. The van der Waals surface area contributed by atoms with Crippen molar-refractivity contribution in [1.82, 2.24) is 19.6 Å². The van der Waals surface area contributed by atoms with Crippen molar-refractivity contribution in [2.24, 2.45) is 11.8 Å². The lowest BCUT2D eigenvalue weighted by Gasteiger charge is -2.35. The smallest absolute Gasteiger partial charge is 0.321 e. The summed E-state index contributed by atoms with van der Waals surface area (Å²) >= 11 is 0. The van der Waals surface area contributed by atoms with Crippen LogP contribution in [0, 0.1) is 11.8 Å². The SMILES string of the molecule is CCn1nc(C2CCN(CC3CN(C(C(=O)O)C4CCCCC4)CC3c3ccccc3)CC2)cc1C(C)(C)c1ccccc1. The standard InChI is InChI=1S/C38H52N4O2/c1-4-42-35(38(2,3)32-18-12-7-13-19-32)24-34(39-42)29-20-22-40(23-21-29)25-31-26-41(27-33(31)28-14-8-5-9-15-28)36(37(43)44)30-16-10-6-11-17-30/h5,7-9,12-15,18-19,24,29-31,33,36H,4,6,10-11,16-17,20-23,25-27H2,1-3H3,(H,43,44). The van der Waals surface area contributed by atoms with E-state index in [9.17, 15) is 9.90 Å². The van der Waals surface area contributed by atoms with Crippen LogP contribution in [-0.4, -0.2) is 69.4 Å². The molecule has 44 heavy (non-hydrogen) atoms. The van der Waals surface area contributed by atoms with Crippen molar-refractivity contribution in [3.63, 3.8) is 0 Å². The van der Waals surface area contributed by atoms with Crippen LogP contribution >= 0.6 is 0 Å². The Morgan fingerprint density at radius 3 is 2.23 bits per heavy atom. The van der Waals surface area contributed by atoms with Crippen molar-refractivity contribution in [3.8, 4) is 0 Å². The number of carbonyl (C=O) groups is 1. The van der Waals surface area contributed by atoms with Crippen molar-refractivity contribution < 1.29 is 9.90 Å². The molecule has 3 fully saturated rings. The number of aromatic nitrogens is 2. The summed E-state index contributed by atoms with van der Waals surface area (Å²) in [6.45, 7) is 12.6. The van der Waals surface area contributed by atoms with Crippen molar-refractivity contribution >= 4 is 5.97 Å². The fraction of sp³-hybridized carbons (Fsp3) is 0.579. The van der Waals surface area contributed by atoms with Crippen molar-refractivity contribution in [2.75, 3.05) is 32.7 Å². The Balaban J connectivity index is 1.14. The van der Waals surface area contributed by atoms with Gasteiger partial charge < -0.3 is 10.0 Å². The van der Waals surface area contributed by atoms with Crippen LogP contribution in [-0.2, 0) is 16.8 Å². The third-order valence-electron chi connectivity index (χ3n) is 11.2. The molecule has 3 atom stereocenters. The second kappa shape index (κ2) is 13.6. The number of aliphatic carboxylic acids is 1. The molecule has 0 amide bonds. The minimum atomic E-state index is -0.619. The van der Waals surface area contributed by atoms with Gasteiger partial charge in [0.2, 0.25) is 0 Å². The van der Waals surface area contributed by atoms with E-state index in [0.717, 1.165) is 65.0 Å². The fourth-order valence-corrected chi connectivity index (χ4v) is 8.63. The maximum atomic E-state index is 12.6. The van der Waals surface area contributed by atoms with Gasteiger partial charge in [-0.05, 0) is 74.7 Å². The molecule has 1 aromatic heterocycles. The number of rotatable bonds is 10. The van der Waals surface area contributed by atoms with Crippen LogP contribution in [0.5, 0.6) is 0 Å². The van der Waals surface area contributed by atoms with Crippen molar-refractivity contribution in [2.45, 2.75) is 95.6 Å². The molecule has 3 aliphatic rings. The van der Waals surface area contributed by atoms with E-state index >= 15 is 0 Å². The highest BCUT2D eigenvalue weighted by atomic mass is 16.4. The van der Waals surface area contributed by atoms with Crippen LogP contribution in [0.4, 0.5) is 0 Å². The number of benzene rings is 2. The summed E-state index contributed by atoms with van der Waals surface area (Å²) in [7, 11) is 0. The number of aryl methyl sites for hydroxylation is 1. The van der Waals surface area contributed by atoms with Crippen molar-refractivity contribution in [1.29, 1.82) is 0 Å². The summed E-state index contributed by atoms with van der Waals surface area (Å²) in [5.41, 5.74) is 5.13. The lowest BCUT2D eigenvalue weighted by atomic mass is 9.80. The first-order chi connectivity index (χ1) is 21.3. The zero-order valence-electron chi connectivity index (χ0n) is 27.1. The lowest BCUT2D eigenvalue weighted by Crippen LogP contribution is -2.46. The minimum Gasteiger partial charge on any atom is -0.480 e. The van der Waals surface area contributed by atoms with Crippen LogP contribution in [0.15, 0.2) is 66.7 Å². The summed E-state index contributed by atoms with van der Waals surface area (Å²) < 4.78 is 2.22. The molecule has 1 N–H and O–H groups in total. The van der Waals surface area contributed by atoms with E-state index in [-0.39, 0.29) is 17.4 Å². The van der Waals surface area contributed by atoms with Crippen molar-refractivity contribution in [3.05, 3.63) is 89.2 Å². The van der Waals surface area contributed by atoms with Gasteiger partial charge >= 0.3 is 5.97 Å². The molecule has 2 saturated heterocycles. The average molecular weight is 597 g/mol. The zero-order valence-corrected chi connectivity index (χ0v) is 27.1. The Morgan fingerprint density at radius 1 is 0.932 bits per heavy atom. The monoisotopic (exact) mass is 596 g/mol. The van der Waals surface area contributed by atoms with E-state index in [1.165, 1.54) is 41.8 Å². The van der Waals surface area contributed by atoms with Gasteiger partial charge in [-0.15, -0.1) is 0 Å². The Kier molecular flexibility index (Phi) is 9.58. The van der Waals surface area contributed by atoms with E-state index in [1.54, 1.807) is 0 Å². The summed E-state index contributed by atoms with van der Waals surface area (Å²) in [5.74, 6) is 0.967. The first-order valence-corrected chi connectivity index (χ1v) is 17.2. The topological polar surface area (TPSA) is 61.6 Å². The fourth-order valence-electron chi connectivity index (χ4n) is 8.63. The summed E-state index contributed by atoms with van der Waals surface area (Å²) in [4.78, 5) is 17.6. The normalized spacial score (nSPS) is 23.6. The maximum Gasteiger partial charge on any atom is 0.321 e. The molecule has 3 unspecified atom stereocenters. The van der Waals surface area contributed by atoms with Gasteiger partial charge in [-0.3, -0.25) is 14.4 Å². The lowest BCUT2D eigenvalue weighted by molar-refractivity contribution is -0.145. The third kappa shape index (κ3) is 6.53. The van der Waals surface area contributed by atoms with Crippen LogP contribution in [0.2, 0.25) is 0 Å². The van der Waals surface area contributed by atoms with Crippen LogP contribution in [0.1, 0.15) is 100 Å². The molecule has 236 valence electrons. The second-order valence-electron chi connectivity index (χ2n) is 14.2. The first-order valence-electron chi connectivity index (χ1n) is 17.2. The van der Waals surface area contributed by atoms with Gasteiger partial charge in [-0.1, -0.05) is 93.8 Å². The first kappa shape index (κ1) is 31.0. The molecule has 6 nitrogen and oxygen atoms in total. The number of nitrogens with zero attached hydrogens (tertiary/aromatic N) is 4. The number of hydrogen-bond donors (Lipinski definition) is 1. The Labute approximate surface area is 264 Å². The van der Waals surface area contributed by atoms with Gasteiger partial charge in [0.25, 0.3) is 0 Å². The molecule has 6 heteroatoms. The van der Waals surface area contributed by atoms with Gasteiger partial charge in [0.15, 0.2) is 0 Å². The molecule has 1 saturated carbocycles. The molecule has 1 aliphatic carbocycles. The van der Waals surface area contributed by atoms with Gasteiger partial charge in [-0.25, -0.2) is 0 Å². The van der Waals surface area contributed by atoms with Gasteiger partial charge in [0.1, 0.15) is 6.04 Å². The van der Waals surface area contributed by atoms with Gasteiger partial charge in [-0.2, -0.15) is 5.10 Å². The summed E-state index contributed by atoms with van der Waals surface area (Å²) in [5, 5.41) is 15.5. The molecular formula is C38H52N4O2. The molecule has 2 aliphatic heterocycles. The molecule has 6 rings (SSSR count). The molecule has 0 bridgehead atoms. The second-order valence-corrected chi connectivity index (χ2v) is 14.2. The Morgan fingerprint density at radius 2 is 1.59 bits per heavy atom. The van der Waals surface area contributed by atoms with E-state index in [0.29, 0.717) is 17.8 Å². The Hall–Kier alpha value is -2.96. The predicted molar refractivity (Wildman–Crippen MR) is 177 cm³/mol. The van der Waals surface area contributed by atoms with E-state index in [2.05, 4.69) is 102 Å². The Bertz CT molecular complexity index is 1360. The quantitative estimate of drug-likeness (QED) is 0.269. The average Bonchev–Trinajstić information content (AvgIpc) is 3.68. The molecule has 0 radical (unpaired) electrons.